The van der Waals surface area contributed by atoms with E-state index in [4.69, 9.17) is 10.2 Å². The minimum absolute atomic E-state index is 0.210. The van der Waals surface area contributed by atoms with Gasteiger partial charge in [-0.05, 0) is 19.1 Å². The predicted octanol–water partition coefficient (Wildman–Crippen LogP) is 1.05. The first-order chi connectivity index (χ1) is 8.72. The molecule has 0 aliphatic rings. The molecule has 3 N–H and O–H groups in total. The van der Waals surface area contributed by atoms with Crippen molar-refractivity contribution in [1.82, 2.24) is 15.1 Å². The number of hydrogen-bond donors (Lipinski definition) is 2. The molecule has 18 heavy (non-hydrogen) atoms. The van der Waals surface area contributed by atoms with Gasteiger partial charge < -0.3 is 15.5 Å². The van der Waals surface area contributed by atoms with Crippen LogP contribution in [0.5, 0.6) is 0 Å². The SMILES string of the molecule is CCn1ncc(N)c1C(=O)NCCc1ccco1. The molecule has 2 rings (SSSR count). The number of carbonyl (C=O) groups is 1. The molecule has 0 aliphatic heterocycles. The van der Waals surface area contributed by atoms with Crippen LogP contribution in [0.1, 0.15) is 23.2 Å². The van der Waals surface area contributed by atoms with Crippen LogP contribution in [-0.2, 0) is 13.0 Å². The van der Waals surface area contributed by atoms with Gasteiger partial charge in [0.15, 0.2) is 0 Å². The van der Waals surface area contributed by atoms with Crippen molar-refractivity contribution in [3.8, 4) is 0 Å². The molecule has 1 amide bonds. The molecular formula is C12H16N4O2. The summed E-state index contributed by atoms with van der Waals surface area (Å²) in [6.45, 7) is 3.02. The maximum absolute atomic E-state index is 12.0. The monoisotopic (exact) mass is 248 g/mol. The Bertz CT molecular complexity index is 516. The third kappa shape index (κ3) is 2.53. The fraction of sp³-hybridized carbons (Fsp3) is 0.333. The minimum atomic E-state index is -0.210. The summed E-state index contributed by atoms with van der Waals surface area (Å²) in [4.78, 5) is 12.0. The molecule has 2 heterocycles. The molecule has 0 bridgehead atoms. The van der Waals surface area contributed by atoms with Gasteiger partial charge in [0.2, 0.25) is 0 Å². The number of amides is 1. The second kappa shape index (κ2) is 5.39. The zero-order valence-electron chi connectivity index (χ0n) is 10.2. The lowest BCUT2D eigenvalue weighted by Crippen LogP contribution is -2.28. The van der Waals surface area contributed by atoms with Gasteiger partial charge in [0.25, 0.3) is 5.91 Å². The largest absolute Gasteiger partial charge is 0.469 e. The molecular weight excluding hydrogens is 232 g/mol. The highest BCUT2D eigenvalue weighted by Crippen LogP contribution is 2.10. The van der Waals surface area contributed by atoms with E-state index < -0.39 is 0 Å². The summed E-state index contributed by atoms with van der Waals surface area (Å²) in [7, 11) is 0. The highest BCUT2D eigenvalue weighted by atomic mass is 16.3. The number of nitrogen functional groups attached to an aromatic ring is 1. The van der Waals surface area contributed by atoms with E-state index in [1.807, 2.05) is 19.1 Å². The van der Waals surface area contributed by atoms with Gasteiger partial charge in [-0.1, -0.05) is 0 Å². The van der Waals surface area contributed by atoms with Crippen molar-refractivity contribution < 1.29 is 9.21 Å². The third-order valence-electron chi connectivity index (χ3n) is 2.62. The second-order valence-electron chi connectivity index (χ2n) is 3.85. The molecule has 0 unspecified atom stereocenters. The van der Waals surface area contributed by atoms with E-state index in [9.17, 15) is 4.79 Å². The lowest BCUT2D eigenvalue weighted by atomic mass is 10.3. The zero-order chi connectivity index (χ0) is 13.0. The number of hydrogen-bond acceptors (Lipinski definition) is 4. The number of aromatic nitrogens is 2. The molecule has 0 atom stereocenters. The first-order valence-corrected chi connectivity index (χ1v) is 5.84. The number of furan rings is 1. The van der Waals surface area contributed by atoms with Crippen LogP contribution in [0.25, 0.3) is 0 Å². The average Bonchev–Trinajstić information content (AvgIpc) is 2.98. The highest BCUT2D eigenvalue weighted by molar-refractivity contribution is 5.97. The second-order valence-corrected chi connectivity index (χ2v) is 3.85. The van der Waals surface area contributed by atoms with Crippen LogP contribution >= 0.6 is 0 Å². The molecule has 0 saturated carbocycles. The number of nitrogens with zero attached hydrogens (tertiary/aromatic N) is 2. The molecule has 0 fully saturated rings. The highest BCUT2D eigenvalue weighted by Gasteiger charge is 2.15. The Kier molecular flexibility index (Phi) is 3.66. The first kappa shape index (κ1) is 12.2. The van der Waals surface area contributed by atoms with Gasteiger partial charge in [-0.15, -0.1) is 0 Å². The van der Waals surface area contributed by atoms with Crippen molar-refractivity contribution in [2.75, 3.05) is 12.3 Å². The van der Waals surface area contributed by atoms with Crippen molar-refractivity contribution in [3.05, 3.63) is 36.0 Å². The smallest absolute Gasteiger partial charge is 0.271 e. The zero-order valence-corrected chi connectivity index (χ0v) is 10.2. The van der Waals surface area contributed by atoms with E-state index >= 15 is 0 Å². The predicted molar refractivity (Wildman–Crippen MR) is 67.1 cm³/mol. The summed E-state index contributed by atoms with van der Waals surface area (Å²) in [5.41, 5.74) is 6.53. The first-order valence-electron chi connectivity index (χ1n) is 5.84. The van der Waals surface area contributed by atoms with Crippen molar-refractivity contribution in [1.29, 1.82) is 0 Å². The Morgan fingerprint density at radius 1 is 1.61 bits per heavy atom. The van der Waals surface area contributed by atoms with E-state index in [1.54, 1.807) is 10.9 Å². The Morgan fingerprint density at radius 2 is 2.44 bits per heavy atom. The maximum atomic E-state index is 12.0. The maximum Gasteiger partial charge on any atom is 0.271 e. The summed E-state index contributed by atoms with van der Waals surface area (Å²) in [6.07, 6.45) is 3.76. The van der Waals surface area contributed by atoms with Gasteiger partial charge in [0.1, 0.15) is 11.5 Å². The van der Waals surface area contributed by atoms with Gasteiger partial charge in [-0.2, -0.15) is 5.10 Å². The molecule has 2 aromatic rings. The number of anilines is 1. The van der Waals surface area contributed by atoms with E-state index in [1.165, 1.54) is 6.20 Å². The number of nitrogens with two attached hydrogens (primary N) is 1. The van der Waals surface area contributed by atoms with Gasteiger partial charge in [0.05, 0.1) is 18.1 Å². The van der Waals surface area contributed by atoms with Crippen LogP contribution in [0.3, 0.4) is 0 Å². The lowest BCUT2D eigenvalue weighted by molar-refractivity contribution is 0.0944. The molecule has 0 saturated heterocycles. The van der Waals surface area contributed by atoms with Gasteiger partial charge in [-0.25, -0.2) is 0 Å². The minimum Gasteiger partial charge on any atom is -0.469 e. The summed E-state index contributed by atoms with van der Waals surface area (Å²) in [5.74, 6) is 0.630. The Hall–Kier alpha value is -2.24. The Morgan fingerprint density at radius 3 is 3.11 bits per heavy atom. The van der Waals surface area contributed by atoms with Crippen molar-refractivity contribution >= 4 is 11.6 Å². The van der Waals surface area contributed by atoms with Crippen molar-refractivity contribution in [3.63, 3.8) is 0 Å². The fourth-order valence-corrected chi connectivity index (χ4v) is 1.73. The van der Waals surface area contributed by atoms with Gasteiger partial charge in [-0.3, -0.25) is 9.48 Å². The van der Waals surface area contributed by atoms with Crippen molar-refractivity contribution in [2.24, 2.45) is 0 Å². The molecule has 0 spiro atoms. The molecule has 6 nitrogen and oxygen atoms in total. The van der Waals surface area contributed by atoms with Crippen LogP contribution in [0.4, 0.5) is 5.69 Å². The number of carbonyl (C=O) groups excluding carboxylic acids is 1. The van der Waals surface area contributed by atoms with Crippen LogP contribution in [0.2, 0.25) is 0 Å². The number of nitrogens with one attached hydrogen (secondary N) is 1. The summed E-state index contributed by atoms with van der Waals surface area (Å²) in [6, 6.07) is 3.69. The standard InChI is InChI=1S/C12H16N4O2/c1-2-16-11(10(13)8-15-16)12(17)14-6-5-9-4-3-7-18-9/h3-4,7-8H,2,5-6,13H2,1H3,(H,14,17). The summed E-state index contributed by atoms with van der Waals surface area (Å²) in [5, 5.41) is 6.82. The summed E-state index contributed by atoms with van der Waals surface area (Å²) < 4.78 is 6.76. The van der Waals surface area contributed by atoms with Crippen LogP contribution in [0, 0.1) is 0 Å². The number of rotatable bonds is 5. The van der Waals surface area contributed by atoms with E-state index in [0.29, 0.717) is 30.9 Å². The van der Waals surface area contributed by atoms with Gasteiger partial charge in [0, 0.05) is 19.5 Å². The van der Waals surface area contributed by atoms with Gasteiger partial charge >= 0.3 is 0 Å². The normalized spacial score (nSPS) is 10.5. The van der Waals surface area contributed by atoms with E-state index in [2.05, 4.69) is 10.4 Å². The number of aryl methyl sites for hydroxylation is 1. The van der Waals surface area contributed by atoms with Crippen LogP contribution in [0.15, 0.2) is 29.0 Å². The fourth-order valence-electron chi connectivity index (χ4n) is 1.73. The molecule has 0 aliphatic carbocycles. The molecule has 0 radical (unpaired) electrons. The van der Waals surface area contributed by atoms with E-state index in [0.717, 1.165) is 5.76 Å². The summed E-state index contributed by atoms with van der Waals surface area (Å²) >= 11 is 0. The van der Waals surface area contributed by atoms with Crippen molar-refractivity contribution in [2.45, 2.75) is 19.9 Å². The molecule has 6 heteroatoms. The molecule has 0 aromatic carbocycles. The Balaban J connectivity index is 1.93. The third-order valence-corrected chi connectivity index (χ3v) is 2.62. The quantitative estimate of drug-likeness (QED) is 0.828. The molecule has 96 valence electrons. The van der Waals surface area contributed by atoms with Crippen LogP contribution in [-0.4, -0.2) is 22.2 Å². The Labute approximate surface area is 105 Å². The topological polar surface area (TPSA) is 86.1 Å². The van der Waals surface area contributed by atoms with Crippen LogP contribution < -0.4 is 11.1 Å². The average molecular weight is 248 g/mol. The molecule has 2 aromatic heterocycles. The lowest BCUT2D eigenvalue weighted by Gasteiger charge is -2.06. The van der Waals surface area contributed by atoms with E-state index in [-0.39, 0.29) is 5.91 Å².